The number of nitrogens with one attached hydrogen (secondary N) is 1. The molecule has 0 spiro atoms. The van der Waals surface area contributed by atoms with Crippen LogP contribution in [0, 0.1) is 0 Å². The smallest absolute Gasteiger partial charge is 0.339 e. The van der Waals surface area contributed by atoms with Crippen LogP contribution in [0.2, 0.25) is 0 Å². The second-order valence-corrected chi connectivity index (χ2v) is 8.09. The fourth-order valence-electron chi connectivity index (χ4n) is 2.65. The van der Waals surface area contributed by atoms with Crippen molar-refractivity contribution < 1.29 is 9.53 Å². The summed E-state index contributed by atoms with van der Waals surface area (Å²) in [6.07, 6.45) is -0.179. The molecule has 0 bridgehead atoms. The summed E-state index contributed by atoms with van der Waals surface area (Å²) in [5.41, 5.74) is 3.11. The van der Waals surface area contributed by atoms with E-state index in [2.05, 4.69) is 24.0 Å². The molecule has 0 aliphatic heterocycles. The monoisotopic (exact) mass is 380 g/mol. The minimum absolute atomic E-state index is 0.179. The summed E-state index contributed by atoms with van der Waals surface area (Å²) in [7, 11) is 0. The van der Waals surface area contributed by atoms with Gasteiger partial charge in [-0.05, 0) is 50.1 Å². The van der Waals surface area contributed by atoms with Gasteiger partial charge in [-0.15, -0.1) is 0 Å². The lowest BCUT2D eigenvalue weighted by Crippen LogP contribution is -2.12. The molecule has 0 unspecified atom stereocenters. The van der Waals surface area contributed by atoms with E-state index in [4.69, 9.17) is 4.74 Å². The maximum absolute atomic E-state index is 12.7. The SMILES string of the molecule is CC(C)OC(=O)c1cc(Sc2ccccc2)ccc1-c1cc(C(C)C)[nH]n1. The fourth-order valence-corrected chi connectivity index (χ4v) is 3.53. The van der Waals surface area contributed by atoms with Gasteiger partial charge in [0.2, 0.25) is 0 Å². The number of H-pyrrole nitrogens is 1. The topological polar surface area (TPSA) is 55.0 Å². The number of nitrogens with zero attached hydrogens (tertiary/aromatic N) is 1. The molecule has 0 aliphatic carbocycles. The van der Waals surface area contributed by atoms with Crippen molar-refractivity contribution in [3.63, 3.8) is 0 Å². The predicted molar refractivity (Wildman–Crippen MR) is 109 cm³/mol. The van der Waals surface area contributed by atoms with Crippen molar-refractivity contribution in [2.75, 3.05) is 0 Å². The van der Waals surface area contributed by atoms with Gasteiger partial charge in [-0.2, -0.15) is 5.10 Å². The van der Waals surface area contributed by atoms with Gasteiger partial charge in [0.25, 0.3) is 0 Å². The largest absolute Gasteiger partial charge is 0.459 e. The molecular formula is C22H24N2O2S. The van der Waals surface area contributed by atoms with Crippen LogP contribution in [0.4, 0.5) is 0 Å². The first kappa shape index (κ1) is 19.2. The quantitative estimate of drug-likeness (QED) is 0.540. The number of aromatic nitrogens is 2. The second kappa shape index (κ2) is 8.44. The van der Waals surface area contributed by atoms with Crippen molar-refractivity contribution >= 4 is 17.7 Å². The number of esters is 1. The molecule has 0 radical (unpaired) electrons. The van der Waals surface area contributed by atoms with E-state index in [1.165, 1.54) is 0 Å². The fraction of sp³-hybridized carbons (Fsp3) is 0.273. The Morgan fingerprint density at radius 1 is 1.00 bits per heavy atom. The van der Waals surface area contributed by atoms with Crippen molar-refractivity contribution in [3.8, 4) is 11.3 Å². The molecule has 4 nitrogen and oxygen atoms in total. The zero-order valence-electron chi connectivity index (χ0n) is 16.0. The molecule has 1 N–H and O–H groups in total. The zero-order chi connectivity index (χ0) is 19.4. The molecule has 0 saturated carbocycles. The lowest BCUT2D eigenvalue weighted by Gasteiger charge is -2.12. The Morgan fingerprint density at radius 3 is 2.37 bits per heavy atom. The lowest BCUT2D eigenvalue weighted by molar-refractivity contribution is 0.0378. The molecule has 2 aromatic carbocycles. The zero-order valence-corrected chi connectivity index (χ0v) is 16.8. The molecule has 0 aliphatic rings. The summed E-state index contributed by atoms with van der Waals surface area (Å²) in [6.45, 7) is 7.91. The predicted octanol–water partition coefficient (Wildman–Crippen LogP) is 5.92. The molecule has 27 heavy (non-hydrogen) atoms. The summed E-state index contributed by atoms with van der Waals surface area (Å²) >= 11 is 1.62. The molecular weight excluding hydrogens is 356 g/mol. The van der Waals surface area contributed by atoms with Crippen LogP contribution < -0.4 is 0 Å². The highest BCUT2D eigenvalue weighted by molar-refractivity contribution is 7.99. The molecule has 0 fully saturated rings. The maximum atomic E-state index is 12.7. The van der Waals surface area contributed by atoms with Crippen LogP contribution >= 0.6 is 11.8 Å². The van der Waals surface area contributed by atoms with Gasteiger partial charge in [0, 0.05) is 21.0 Å². The summed E-state index contributed by atoms with van der Waals surface area (Å²) in [6, 6.07) is 17.9. The van der Waals surface area contributed by atoms with E-state index < -0.39 is 0 Å². The van der Waals surface area contributed by atoms with Crippen molar-refractivity contribution in [1.82, 2.24) is 10.2 Å². The Balaban J connectivity index is 1.99. The van der Waals surface area contributed by atoms with Gasteiger partial charge in [-0.1, -0.05) is 49.9 Å². The average molecular weight is 381 g/mol. The van der Waals surface area contributed by atoms with Crippen LogP contribution in [0.25, 0.3) is 11.3 Å². The Labute approximate surface area is 164 Å². The summed E-state index contributed by atoms with van der Waals surface area (Å²) in [5.74, 6) is 0.00911. The van der Waals surface area contributed by atoms with Crippen LogP contribution in [0.3, 0.4) is 0 Å². The molecule has 0 atom stereocenters. The van der Waals surface area contributed by atoms with Gasteiger partial charge in [0.1, 0.15) is 0 Å². The van der Waals surface area contributed by atoms with Crippen LogP contribution in [0.15, 0.2) is 64.4 Å². The molecule has 140 valence electrons. The highest BCUT2D eigenvalue weighted by atomic mass is 32.2. The van der Waals surface area contributed by atoms with E-state index in [0.717, 1.165) is 26.7 Å². The van der Waals surface area contributed by atoms with Crippen molar-refractivity contribution in [2.45, 2.75) is 49.5 Å². The third-order valence-electron chi connectivity index (χ3n) is 4.03. The first-order valence-corrected chi connectivity index (χ1v) is 9.89. The molecule has 3 aromatic rings. The average Bonchev–Trinajstić information content (AvgIpc) is 3.12. The van der Waals surface area contributed by atoms with Crippen molar-refractivity contribution in [1.29, 1.82) is 0 Å². The number of hydrogen-bond donors (Lipinski definition) is 1. The number of ether oxygens (including phenoxy) is 1. The van der Waals surface area contributed by atoms with E-state index in [1.807, 2.05) is 68.4 Å². The van der Waals surface area contributed by atoms with E-state index in [-0.39, 0.29) is 12.1 Å². The van der Waals surface area contributed by atoms with Crippen LogP contribution in [0.1, 0.15) is 49.7 Å². The van der Waals surface area contributed by atoms with Gasteiger partial charge in [-0.25, -0.2) is 4.79 Å². The highest BCUT2D eigenvalue weighted by Crippen LogP contribution is 2.33. The Morgan fingerprint density at radius 2 is 1.74 bits per heavy atom. The molecule has 3 rings (SSSR count). The maximum Gasteiger partial charge on any atom is 0.339 e. The lowest BCUT2D eigenvalue weighted by atomic mass is 10.0. The molecule has 1 heterocycles. The van der Waals surface area contributed by atoms with E-state index in [1.54, 1.807) is 11.8 Å². The highest BCUT2D eigenvalue weighted by Gasteiger charge is 2.19. The second-order valence-electron chi connectivity index (χ2n) is 6.94. The number of benzene rings is 2. The summed E-state index contributed by atoms with van der Waals surface area (Å²) in [4.78, 5) is 14.8. The molecule has 5 heteroatoms. The van der Waals surface area contributed by atoms with Gasteiger partial charge in [0.15, 0.2) is 0 Å². The van der Waals surface area contributed by atoms with Gasteiger partial charge >= 0.3 is 5.97 Å². The van der Waals surface area contributed by atoms with E-state index in [0.29, 0.717) is 11.5 Å². The van der Waals surface area contributed by atoms with E-state index >= 15 is 0 Å². The molecule has 0 amide bonds. The van der Waals surface area contributed by atoms with Crippen LogP contribution in [-0.4, -0.2) is 22.3 Å². The Hall–Kier alpha value is -2.53. The van der Waals surface area contributed by atoms with Gasteiger partial charge < -0.3 is 4.74 Å². The Bertz CT molecular complexity index is 917. The Kier molecular flexibility index (Phi) is 6.01. The van der Waals surface area contributed by atoms with Crippen molar-refractivity contribution in [2.24, 2.45) is 0 Å². The molecule has 0 saturated heterocycles. The number of carbonyl (C=O) groups excluding carboxylic acids is 1. The number of rotatable bonds is 6. The minimum atomic E-state index is -0.329. The van der Waals surface area contributed by atoms with Crippen molar-refractivity contribution in [3.05, 3.63) is 65.9 Å². The number of hydrogen-bond acceptors (Lipinski definition) is 4. The number of aromatic amines is 1. The first-order valence-electron chi connectivity index (χ1n) is 9.07. The summed E-state index contributed by atoms with van der Waals surface area (Å²) < 4.78 is 5.47. The normalized spacial score (nSPS) is 11.2. The van der Waals surface area contributed by atoms with Crippen LogP contribution in [0.5, 0.6) is 0 Å². The van der Waals surface area contributed by atoms with Gasteiger partial charge in [-0.3, -0.25) is 5.10 Å². The van der Waals surface area contributed by atoms with Crippen LogP contribution in [-0.2, 0) is 4.74 Å². The number of carbonyl (C=O) groups is 1. The third-order valence-corrected chi connectivity index (χ3v) is 5.03. The summed E-state index contributed by atoms with van der Waals surface area (Å²) in [5, 5.41) is 7.46. The first-order chi connectivity index (χ1) is 12.9. The molecule has 1 aromatic heterocycles. The van der Waals surface area contributed by atoms with E-state index in [9.17, 15) is 4.79 Å². The standard InChI is InChI=1S/C22H24N2O2S/c1-14(2)20-13-21(24-23-20)18-11-10-17(27-16-8-6-5-7-9-16)12-19(18)22(25)26-15(3)4/h5-15H,1-4H3,(H,23,24). The van der Waals surface area contributed by atoms with Gasteiger partial charge in [0.05, 0.1) is 17.4 Å². The minimum Gasteiger partial charge on any atom is -0.459 e. The third kappa shape index (κ3) is 4.80.